The zero-order valence-electron chi connectivity index (χ0n) is 9.95. The predicted molar refractivity (Wildman–Crippen MR) is 74.1 cm³/mol. The van der Waals surface area contributed by atoms with E-state index in [1.807, 2.05) is 0 Å². The number of hydrogen-bond acceptors (Lipinski definition) is 4. The molecule has 20 heavy (non-hydrogen) atoms. The first kappa shape index (κ1) is 14.4. The molecule has 2 rings (SSSR count). The Hall–Kier alpha value is -2.06. The lowest BCUT2D eigenvalue weighted by Crippen LogP contribution is -2.16. The molecule has 0 atom stereocenters. The van der Waals surface area contributed by atoms with Gasteiger partial charge in [0, 0.05) is 16.2 Å². The summed E-state index contributed by atoms with van der Waals surface area (Å²) in [7, 11) is 0. The minimum Gasteiger partial charge on any atom is -0.317 e. The Kier molecular flexibility index (Phi) is 4.26. The zero-order valence-corrected chi connectivity index (χ0v) is 11.5. The van der Waals surface area contributed by atoms with Crippen molar-refractivity contribution in [3.63, 3.8) is 0 Å². The number of amides is 1. The van der Waals surface area contributed by atoms with E-state index in [1.54, 1.807) is 0 Å². The van der Waals surface area contributed by atoms with Crippen LogP contribution >= 0.6 is 15.9 Å². The summed E-state index contributed by atoms with van der Waals surface area (Å²) in [4.78, 5) is 15.7. The maximum Gasteiger partial charge on any atom is 0.256 e. The number of halogens is 3. The van der Waals surface area contributed by atoms with Gasteiger partial charge in [-0.3, -0.25) is 4.79 Å². The molecule has 1 amide bonds. The summed E-state index contributed by atoms with van der Waals surface area (Å²) in [6.45, 7) is 0. The normalized spacial score (nSPS) is 10.2. The number of carbonyl (C=O) groups is 1. The van der Waals surface area contributed by atoms with Crippen molar-refractivity contribution in [3.05, 3.63) is 52.1 Å². The summed E-state index contributed by atoms with van der Waals surface area (Å²) >= 11 is 2.95. The summed E-state index contributed by atoms with van der Waals surface area (Å²) in [5.41, 5.74) is 1.92. The van der Waals surface area contributed by atoms with Crippen LogP contribution in [0.1, 0.15) is 10.4 Å². The molecule has 8 heteroatoms. The van der Waals surface area contributed by atoms with Crippen molar-refractivity contribution >= 4 is 33.3 Å². The predicted octanol–water partition coefficient (Wildman–Crippen LogP) is 2.66. The molecule has 104 valence electrons. The van der Waals surface area contributed by atoms with Crippen LogP contribution in [0.15, 0.2) is 34.9 Å². The number of nitrogens with one attached hydrogen (secondary N) is 2. The Labute approximate surface area is 121 Å². The molecule has 0 unspecified atom stereocenters. The second-order valence-corrected chi connectivity index (χ2v) is 4.69. The molecular formula is C12H9BrF2N4O. The Balaban J connectivity index is 2.28. The van der Waals surface area contributed by atoms with Crippen LogP contribution in [0.2, 0.25) is 0 Å². The van der Waals surface area contributed by atoms with E-state index in [9.17, 15) is 13.6 Å². The van der Waals surface area contributed by atoms with Gasteiger partial charge in [0.15, 0.2) is 11.6 Å². The molecule has 0 saturated heterocycles. The Morgan fingerprint density at radius 2 is 1.90 bits per heavy atom. The first-order chi connectivity index (χ1) is 9.51. The van der Waals surface area contributed by atoms with E-state index in [0.717, 1.165) is 12.1 Å². The third-order valence-corrected chi connectivity index (χ3v) is 2.87. The summed E-state index contributed by atoms with van der Waals surface area (Å²) < 4.78 is 27.4. The first-order valence-electron chi connectivity index (χ1n) is 5.40. The summed E-state index contributed by atoms with van der Waals surface area (Å²) in [5.74, 6) is 2.99. The number of carbonyl (C=O) groups excluding carboxylic acids is 1. The van der Waals surface area contributed by atoms with Gasteiger partial charge in [-0.05, 0) is 24.3 Å². The van der Waals surface area contributed by atoms with Gasteiger partial charge in [-0.1, -0.05) is 15.9 Å². The van der Waals surface area contributed by atoms with Gasteiger partial charge in [0.1, 0.15) is 11.5 Å². The lowest BCUT2D eigenvalue weighted by atomic mass is 10.2. The molecule has 0 spiro atoms. The van der Waals surface area contributed by atoms with E-state index >= 15 is 0 Å². The summed E-state index contributed by atoms with van der Waals surface area (Å²) in [6.07, 6.45) is 1.35. The molecule has 5 nitrogen and oxygen atoms in total. The standard InChI is InChI=1S/C12H9BrF2N4O/c13-7-4-8(14)11(9(15)5-7)18-12(20)6-1-2-17-10(3-6)19-16/h1-5H,16H2,(H,17,19)(H,18,20). The molecule has 0 fully saturated rings. The lowest BCUT2D eigenvalue weighted by Gasteiger charge is -2.09. The van der Waals surface area contributed by atoms with Gasteiger partial charge in [-0.25, -0.2) is 19.6 Å². The average Bonchev–Trinajstić information content (AvgIpc) is 2.42. The molecule has 1 aromatic heterocycles. The number of nitrogens with zero attached hydrogens (tertiary/aromatic N) is 1. The highest BCUT2D eigenvalue weighted by Crippen LogP contribution is 2.24. The van der Waals surface area contributed by atoms with Crippen molar-refractivity contribution in [1.29, 1.82) is 0 Å². The van der Waals surface area contributed by atoms with Crippen LogP contribution in [-0.4, -0.2) is 10.9 Å². The maximum atomic E-state index is 13.6. The molecule has 4 N–H and O–H groups in total. The number of nitrogens with two attached hydrogens (primary N) is 1. The van der Waals surface area contributed by atoms with Crippen LogP contribution in [0.3, 0.4) is 0 Å². The van der Waals surface area contributed by atoms with Gasteiger partial charge in [-0.2, -0.15) is 0 Å². The van der Waals surface area contributed by atoms with E-state index in [2.05, 4.69) is 31.7 Å². The molecule has 0 aliphatic heterocycles. The highest BCUT2D eigenvalue weighted by Gasteiger charge is 2.15. The van der Waals surface area contributed by atoms with Gasteiger partial charge in [0.25, 0.3) is 5.91 Å². The van der Waals surface area contributed by atoms with Crippen LogP contribution in [0.4, 0.5) is 20.3 Å². The number of nitrogen functional groups attached to an aromatic ring is 1. The minimum atomic E-state index is -0.878. The van der Waals surface area contributed by atoms with Gasteiger partial charge >= 0.3 is 0 Å². The summed E-state index contributed by atoms with van der Waals surface area (Å²) in [5, 5.41) is 2.17. The molecule has 2 aromatic rings. The van der Waals surface area contributed by atoms with Crippen LogP contribution in [0, 0.1) is 11.6 Å². The number of rotatable bonds is 3. The summed E-state index contributed by atoms with van der Waals surface area (Å²) in [6, 6.07) is 4.85. The second kappa shape index (κ2) is 5.93. The van der Waals surface area contributed by atoms with Gasteiger partial charge in [-0.15, -0.1) is 0 Å². The smallest absolute Gasteiger partial charge is 0.256 e. The average molecular weight is 343 g/mol. The quantitative estimate of drug-likeness (QED) is 0.591. The van der Waals surface area contributed by atoms with E-state index in [-0.39, 0.29) is 15.9 Å². The molecule has 1 heterocycles. The molecule has 0 saturated carbocycles. The fraction of sp³-hybridized carbons (Fsp3) is 0. The number of pyridine rings is 1. The minimum absolute atomic E-state index is 0.162. The van der Waals surface area contributed by atoms with Crippen LogP contribution in [0.25, 0.3) is 0 Å². The number of anilines is 2. The number of hydrogen-bond donors (Lipinski definition) is 3. The Morgan fingerprint density at radius 3 is 2.50 bits per heavy atom. The largest absolute Gasteiger partial charge is 0.317 e. The molecular weight excluding hydrogens is 334 g/mol. The molecule has 0 aliphatic rings. The third-order valence-electron chi connectivity index (χ3n) is 2.42. The zero-order chi connectivity index (χ0) is 14.7. The van der Waals surface area contributed by atoms with Crippen molar-refractivity contribution < 1.29 is 13.6 Å². The maximum absolute atomic E-state index is 13.6. The molecule has 0 aliphatic carbocycles. The highest BCUT2D eigenvalue weighted by molar-refractivity contribution is 9.10. The fourth-order valence-electron chi connectivity index (χ4n) is 1.50. The van der Waals surface area contributed by atoms with Crippen molar-refractivity contribution in [1.82, 2.24) is 4.98 Å². The van der Waals surface area contributed by atoms with Crippen molar-refractivity contribution in [3.8, 4) is 0 Å². The van der Waals surface area contributed by atoms with E-state index in [0.29, 0.717) is 0 Å². The third kappa shape index (κ3) is 3.09. The fourth-order valence-corrected chi connectivity index (χ4v) is 1.90. The lowest BCUT2D eigenvalue weighted by molar-refractivity contribution is 0.102. The number of aromatic nitrogens is 1. The van der Waals surface area contributed by atoms with Crippen molar-refractivity contribution in [2.75, 3.05) is 10.7 Å². The SMILES string of the molecule is NNc1cc(C(=O)Nc2c(F)cc(Br)cc2F)ccn1. The molecule has 1 aromatic carbocycles. The number of benzene rings is 1. The number of hydrazine groups is 1. The highest BCUT2D eigenvalue weighted by atomic mass is 79.9. The van der Waals surface area contributed by atoms with Crippen LogP contribution < -0.4 is 16.6 Å². The molecule has 0 radical (unpaired) electrons. The topological polar surface area (TPSA) is 80.0 Å². The molecule has 0 bridgehead atoms. The first-order valence-corrected chi connectivity index (χ1v) is 6.19. The van der Waals surface area contributed by atoms with Crippen molar-refractivity contribution in [2.24, 2.45) is 5.84 Å². The van der Waals surface area contributed by atoms with Crippen LogP contribution in [0.5, 0.6) is 0 Å². The van der Waals surface area contributed by atoms with Crippen LogP contribution in [-0.2, 0) is 0 Å². The second-order valence-electron chi connectivity index (χ2n) is 3.77. The Morgan fingerprint density at radius 1 is 1.25 bits per heavy atom. The van der Waals surface area contributed by atoms with E-state index in [1.165, 1.54) is 18.3 Å². The van der Waals surface area contributed by atoms with Crippen molar-refractivity contribution in [2.45, 2.75) is 0 Å². The van der Waals surface area contributed by atoms with E-state index < -0.39 is 23.2 Å². The van der Waals surface area contributed by atoms with Gasteiger partial charge in [0.05, 0.1) is 0 Å². The van der Waals surface area contributed by atoms with E-state index in [4.69, 9.17) is 5.84 Å². The Bertz CT molecular complexity index is 643. The van der Waals surface area contributed by atoms with Gasteiger partial charge in [0.2, 0.25) is 0 Å². The van der Waals surface area contributed by atoms with Gasteiger partial charge < -0.3 is 10.7 Å². The monoisotopic (exact) mass is 342 g/mol.